The molecule has 0 saturated carbocycles. The maximum atomic E-state index is 5.51. The minimum Gasteiger partial charge on any atom is -0.475 e. The van der Waals surface area contributed by atoms with Crippen LogP contribution >= 0.6 is 24.0 Å². The van der Waals surface area contributed by atoms with Crippen LogP contribution in [0, 0.1) is 0 Å². The lowest BCUT2D eigenvalue weighted by molar-refractivity contribution is 0.232. The van der Waals surface area contributed by atoms with E-state index in [1.54, 1.807) is 6.20 Å². The molecule has 0 aliphatic carbocycles. The Bertz CT molecular complexity index is 418. The van der Waals surface area contributed by atoms with E-state index in [4.69, 9.17) is 4.74 Å². The number of guanidine groups is 1. The molecule has 0 spiro atoms. The van der Waals surface area contributed by atoms with Crippen LogP contribution in [0.5, 0.6) is 5.88 Å². The molecule has 0 saturated heterocycles. The van der Waals surface area contributed by atoms with Crippen molar-refractivity contribution < 1.29 is 4.74 Å². The number of aliphatic imine (C=N–C) groups is 1. The molecule has 1 heterocycles. The summed E-state index contributed by atoms with van der Waals surface area (Å²) in [6.45, 7) is 11.6. The van der Waals surface area contributed by atoms with Crippen molar-refractivity contribution in [2.75, 3.05) is 6.54 Å². The molecule has 1 aromatic heterocycles. The number of nitrogens with one attached hydrogen (secondary N) is 2. The maximum Gasteiger partial charge on any atom is 0.213 e. The standard InChI is InChI=1S/C15H26N4O.HI/c1-6-16-15(19-11(2)3)18-10-13-7-8-14(17-9-13)20-12(4)5;/h7-9,11-12H,6,10H2,1-5H3,(H2,16,18,19);1H. The highest BCUT2D eigenvalue weighted by Crippen LogP contribution is 2.10. The average Bonchev–Trinajstić information content (AvgIpc) is 2.36. The smallest absolute Gasteiger partial charge is 0.213 e. The number of rotatable bonds is 6. The lowest BCUT2D eigenvalue weighted by Gasteiger charge is -2.14. The highest BCUT2D eigenvalue weighted by molar-refractivity contribution is 14.0. The SMILES string of the molecule is CCNC(=NCc1ccc(OC(C)C)nc1)NC(C)C.I. The minimum atomic E-state index is 0. The fourth-order valence-corrected chi connectivity index (χ4v) is 1.58. The van der Waals surface area contributed by atoms with Crippen molar-refractivity contribution in [2.24, 2.45) is 4.99 Å². The molecule has 5 nitrogen and oxygen atoms in total. The van der Waals surface area contributed by atoms with Gasteiger partial charge in [0, 0.05) is 24.8 Å². The topological polar surface area (TPSA) is 58.5 Å². The quantitative estimate of drug-likeness (QED) is 0.433. The van der Waals surface area contributed by atoms with Gasteiger partial charge in [0.05, 0.1) is 12.6 Å². The van der Waals surface area contributed by atoms with Crippen LogP contribution in [0.4, 0.5) is 0 Å². The third-order valence-electron chi connectivity index (χ3n) is 2.34. The van der Waals surface area contributed by atoms with E-state index in [1.807, 2.05) is 26.0 Å². The van der Waals surface area contributed by atoms with Crippen molar-refractivity contribution in [2.45, 2.75) is 53.3 Å². The van der Waals surface area contributed by atoms with Gasteiger partial charge in [0.1, 0.15) is 0 Å². The van der Waals surface area contributed by atoms with Gasteiger partial charge in [-0.05, 0) is 40.2 Å². The van der Waals surface area contributed by atoms with Gasteiger partial charge in [-0.15, -0.1) is 24.0 Å². The van der Waals surface area contributed by atoms with Gasteiger partial charge in [0.2, 0.25) is 5.88 Å². The first-order valence-corrected chi connectivity index (χ1v) is 7.17. The molecule has 0 atom stereocenters. The van der Waals surface area contributed by atoms with Crippen molar-refractivity contribution >= 4 is 29.9 Å². The van der Waals surface area contributed by atoms with Crippen LogP contribution in [0.1, 0.15) is 40.2 Å². The molecular weight excluding hydrogens is 379 g/mol. The van der Waals surface area contributed by atoms with Crippen LogP contribution in [-0.2, 0) is 6.54 Å². The summed E-state index contributed by atoms with van der Waals surface area (Å²) < 4.78 is 5.51. The van der Waals surface area contributed by atoms with Crippen molar-refractivity contribution in [1.29, 1.82) is 0 Å². The Kier molecular flexibility index (Phi) is 10.1. The summed E-state index contributed by atoms with van der Waals surface area (Å²) in [7, 11) is 0. The molecule has 0 unspecified atom stereocenters. The second kappa shape index (κ2) is 10.6. The minimum absolute atomic E-state index is 0. The Balaban J connectivity index is 0.00000400. The van der Waals surface area contributed by atoms with E-state index in [-0.39, 0.29) is 30.1 Å². The molecular formula is C15H27IN4O. The molecule has 0 aliphatic rings. The van der Waals surface area contributed by atoms with Gasteiger partial charge in [-0.1, -0.05) is 6.07 Å². The molecule has 2 N–H and O–H groups in total. The Morgan fingerprint density at radius 3 is 2.48 bits per heavy atom. The first kappa shape index (κ1) is 19.9. The number of nitrogens with zero attached hydrogens (tertiary/aromatic N) is 2. The van der Waals surface area contributed by atoms with Crippen molar-refractivity contribution in [3.63, 3.8) is 0 Å². The van der Waals surface area contributed by atoms with E-state index in [0.717, 1.165) is 18.1 Å². The molecule has 6 heteroatoms. The van der Waals surface area contributed by atoms with Crippen molar-refractivity contribution in [1.82, 2.24) is 15.6 Å². The fourth-order valence-electron chi connectivity index (χ4n) is 1.58. The lowest BCUT2D eigenvalue weighted by Crippen LogP contribution is -2.40. The molecule has 0 aliphatic heterocycles. The van der Waals surface area contributed by atoms with Gasteiger partial charge >= 0.3 is 0 Å². The number of ether oxygens (including phenoxy) is 1. The third kappa shape index (κ3) is 8.75. The summed E-state index contributed by atoms with van der Waals surface area (Å²) in [6.07, 6.45) is 1.95. The number of aromatic nitrogens is 1. The highest BCUT2D eigenvalue weighted by Gasteiger charge is 2.01. The molecule has 1 aromatic rings. The third-order valence-corrected chi connectivity index (χ3v) is 2.34. The summed E-state index contributed by atoms with van der Waals surface area (Å²) >= 11 is 0. The van der Waals surface area contributed by atoms with Crippen LogP contribution in [0.3, 0.4) is 0 Å². The Morgan fingerprint density at radius 1 is 1.29 bits per heavy atom. The molecule has 0 fully saturated rings. The summed E-state index contributed by atoms with van der Waals surface area (Å²) in [4.78, 5) is 8.80. The van der Waals surface area contributed by atoms with Crippen LogP contribution in [-0.4, -0.2) is 29.6 Å². The van der Waals surface area contributed by atoms with Crippen LogP contribution in [0.2, 0.25) is 0 Å². The van der Waals surface area contributed by atoms with Crippen molar-refractivity contribution in [3.05, 3.63) is 23.9 Å². The van der Waals surface area contributed by atoms with E-state index in [1.165, 1.54) is 0 Å². The van der Waals surface area contributed by atoms with Crippen molar-refractivity contribution in [3.8, 4) is 5.88 Å². The van der Waals surface area contributed by atoms with E-state index in [0.29, 0.717) is 18.5 Å². The normalized spacial score (nSPS) is 11.3. The van der Waals surface area contributed by atoms with E-state index >= 15 is 0 Å². The van der Waals surface area contributed by atoms with E-state index in [2.05, 4.69) is 41.4 Å². The molecule has 21 heavy (non-hydrogen) atoms. The molecule has 0 aromatic carbocycles. The highest BCUT2D eigenvalue weighted by atomic mass is 127. The number of hydrogen-bond acceptors (Lipinski definition) is 3. The second-order valence-corrected chi connectivity index (χ2v) is 5.17. The van der Waals surface area contributed by atoms with Gasteiger partial charge in [-0.3, -0.25) is 0 Å². The van der Waals surface area contributed by atoms with Gasteiger partial charge in [-0.25, -0.2) is 9.98 Å². The second-order valence-electron chi connectivity index (χ2n) is 5.17. The molecule has 120 valence electrons. The molecule has 0 bridgehead atoms. The van der Waals surface area contributed by atoms with Gasteiger partial charge in [-0.2, -0.15) is 0 Å². The van der Waals surface area contributed by atoms with Crippen LogP contribution in [0.15, 0.2) is 23.3 Å². The van der Waals surface area contributed by atoms with Gasteiger partial charge in [0.25, 0.3) is 0 Å². The summed E-state index contributed by atoms with van der Waals surface area (Å²) in [5.74, 6) is 1.48. The summed E-state index contributed by atoms with van der Waals surface area (Å²) in [6, 6.07) is 4.23. The van der Waals surface area contributed by atoms with Gasteiger partial charge < -0.3 is 15.4 Å². The first-order chi connectivity index (χ1) is 9.51. The van der Waals surface area contributed by atoms with Crippen LogP contribution in [0.25, 0.3) is 0 Å². The first-order valence-electron chi connectivity index (χ1n) is 7.17. The molecule has 1 rings (SSSR count). The Labute approximate surface area is 145 Å². The Hall–Kier alpha value is -1.05. The average molecular weight is 406 g/mol. The molecule has 0 amide bonds. The predicted octanol–water partition coefficient (Wildman–Crippen LogP) is 2.95. The maximum absolute atomic E-state index is 5.51. The van der Waals surface area contributed by atoms with Gasteiger partial charge in [0.15, 0.2) is 5.96 Å². The summed E-state index contributed by atoms with van der Waals surface area (Å²) in [5, 5.41) is 6.50. The molecule has 0 radical (unpaired) electrons. The number of pyridine rings is 1. The Morgan fingerprint density at radius 2 is 2.00 bits per heavy atom. The largest absolute Gasteiger partial charge is 0.475 e. The number of halogens is 1. The van der Waals surface area contributed by atoms with E-state index in [9.17, 15) is 0 Å². The zero-order valence-corrected chi connectivity index (χ0v) is 15.8. The number of hydrogen-bond donors (Lipinski definition) is 2. The lowest BCUT2D eigenvalue weighted by atomic mass is 10.3. The fraction of sp³-hybridized carbons (Fsp3) is 0.600. The predicted molar refractivity (Wildman–Crippen MR) is 98.5 cm³/mol. The van der Waals surface area contributed by atoms with Crippen LogP contribution < -0.4 is 15.4 Å². The van der Waals surface area contributed by atoms with E-state index < -0.39 is 0 Å². The zero-order chi connectivity index (χ0) is 15.0. The summed E-state index contributed by atoms with van der Waals surface area (Å²) in [5.41, 5.74) is 1.06. The monoisotopic (exact) mass is 406 g/mol. The zero-order valence-electron chi connectivity index (χ0n) is 13.5.